The number of carbonyl (C=O) groups is 1. The maximum absolute atomic E-state index is 11.9. The number of nitrogens with zero attached hydrogens (tertiary/aromatic N) is 2. The molecule has 122 valence electrons. The standard InChI is InChI=1S/C18H17ClN4O/c19-16-5-1-14(2-6-16)11-21-18(24)22-17-7-3-15(4-8-17)12-23-10-9-20-13-23/h1-10,13H,11-12H2,(H2,21,22,24). The van der Waals surface area contributed by atoms with Crippen LogP contribution in [0, 0.1) is 0 Å². The summed E-state index contributed by atoms with van der Waals surface area (Å²) in [7, 11) is 0. The van der Waals surface area contributed by atoms with Crippen LogP contribution in [0.1, 0.15) is 11.1 Å². The summed E-state index contributed by atoms with van der Waals surface area (Å²) in [6, 6.07) is 14.9. The van der Waals surface area contributed by atoms with Gasteiger partial charge in [-0.15, -0.1) is 0 Å². The fraction of sp³-hybridized carbons (Fsp3) is 0.111. The molecule has 1 heterocycles. The number of rotatable bonds is 5. The van der Waals surface area contributed by atoms with E-state index in [1.54, 1.807) is 24.7 Å². The number of nitrogens with one attached hydrogen (secondary N) is 2. The summed E-state index contributed by atoms with van der Waals surface area (Å²) < 4.78 is 1.99. The zero-order chi connectivity index (χ0) is 16.8. The summed E-state index contributed by atoms with van der Waals surface area (Å²) >= 11 is 5.83. The first-order chi connectivity index (χ1) is 11.7. The molecule has 0 aliphatic carbocycles. The van der Waals surface area contributed by atoms with Crippen LogP contribution in [0.25, 0.3) is 0 Å². The molecule has 24 heavy (non-hydrogen) atoms. The number of hydrogen-bond acceptors (Lipinski definition) is 2. The van der Waals surface area contributed by atoms with E-state index in [-0.39, 0.29) is 6.03 Å². The molecule has 0 radical (unpaired) electrons. The molecule has 0 fully saturated rings. The van der Waals surface area contributed by atoms with E-state index in [0.717, 1.165) is 23.4 Å². The van der Waals surface area contributed by atoms with Crippen molar-refractivity contribution in [3.63, 3.8) is 0 Å². The number of imidazole rings is 1. The number of halogens is 1. The number of benzene rings is 2. The lowest BCUT2D eigenvalue weighted by atomic mass is 10.2. The second-order valence-corrected chi connectivity index (χ2v) is 5.80. The van der Waals surface area contributed by atoms with Crippen molar-refractivity contribution in [2.24, 2.45) is 0 Å². The molecule has 0 unspecified atom stereocenters. The van der Waals surface area contributed by atoms with Crippen LogP contribution in [-0.2, 0) is 13.1 Å². The first-order valence-electron chi connectivity index (χ1n) is 7.53. The fourth-order valence-corrected chi connectivity index (χ4v) is 2.37. The first-order valence-corrected chi connectivity index (χ1v) is 7.91. The van der Waals surface area contributed by atoms with Gasteiger partial charge in [0.15, 0.2) is 0 Å². The van der Waals surface area contributed by atoms with Crippen LogP contribution in [0.5, 0.6) is 0 Å². The van der Waals surface area contributed by atoms with Crippen molar-refractivity contribution < 1.29 is 4.79 Å². The van der Waals surface area contributed by atoms with Gasteiger partial charge in [0.05, 0.1) is 6.33 Å². The zero-order valence-corrected chi connectivity index (χ0v) is 13.7. The average molecular weight is 341 g/mol. The van der Waals surface area contributed by atoms with E-state index >= 15 is 0 Å². The summed E-state index contributed by atoms with van der Waals surface area (Å²) in [5.74, 6) is 0. The molecule has 6 heteroatoms. The minimum absolute atomic E-state index is 0.243. The molecule has 3 aromatic rings. The number of hydrogen-bond donors (Lipinski definition) is 2. The summed E-state index contributed by atoms with van der Waals surface area (Å²) in [6.45, 7) is 1.20. The maximum Gasteiger partial charge on any atom is 0.319 e. The molecule has 2 N–H and O–H groups in total. The van der Waals surface area contributed by atoms with Gasteiger partial charge < -0.3 is 15.2 Å². The van der Waals surface area contributed by atoms with Gasteiger partial charge in [0.25, 0.3) is 0 Å². The van der Waals surface area contributed by atoms with Gasteiger partial charge >= 0.3 is 6.03 Å². The van der Waals surface area contributed by atoms with Crippen molar-refractivity contribution in [3.05, 3.63) is 83.4 Å². The van der Waals surface area contributed by atoms with Gasteiger partial charge in [-0.25, -0.2) is 9.78 Å². The monoisotopic (exact) mass is 340 g/mol. The second-order valence-electron chi connectivity index (χ2n) is 5.37. The Balaban J connectivity index is 1.49. The Morgan fingerprint density at radius 1 is 1.04 bits per heavy atom. The highest BCUT2D eigenvalue weighted by Gasteiger charge is 2.02. The van der Waals surface area contributed by atoms with E-state index < -0.39 is 0 Å². The Bertz CT molecular complexity index is 783. The number of urea groups is 1. The number of aromatic nitrogens is 2. The summed E-state index contributed by atoms with van der Waals surface area (Å²) in [5.41, 5.74) is 2.88. The number of anilines is 1. The largest absolute Gasteiger partial charge is 0.334 e. The van der Waals surface area contributed by atoms with Gasteiger partial charge in [0, 0.05) is 36.2 Å². The predicted molar refractivity (Wildman–Crippen MR) is 95.1 cm³/mol. The van der Waals surface area contributed by atoms with Gasteiger partial charge in [-0.1, -0.05) is 35.9 Å². The van der Waals surface area contributed by atoms with E-state index in [1.807, 2.05) is 47.2 Å². The van der Waals surface area contributed by atoms with Crippen molar-refractivity contribution >= 4 is 23.3 Å². The van der Waals surface area contributed by atoms with Crippen LogP contribution >= 0.6 is 11.6 Å². The van der Waals surface area contributed by atoms with Crippen LogP contribution in [0.2, 0.25) is 5.02 Å². The smallest absolute Gasteiger partial charge is 0.319 e. The molecule has 0 spiro atoms. The van der Waals surface area contributed by atoms with E-state index in [4.69, 9.17) is 11.6 Å². The molecule has 3 rings (SSSR count). The van der Waals surface area contributed by atoms with Crippen LogP contribution in [0.3, 0.4) is 0 Å². The van der Waals surface area contributed by atoms with Crippen LogP contribution < -0.4 is 10.6 Å². The number of amides is 2. The Labute approximate surface area is 145 Å². The normalized spacial score (nSPS) is 10.4. The second kappa shape index (κ2) is 7.66. The van der Waals surface area contributed by atoms with E-state index in [0.29, 0.717) is 11.6 Å². The molecule has 0 saturated carbocycles. The lowest BCUT2D eigenvalue weighted by molar-refractivity contribution is 0.251. The van der Waals surface area contributed by atoms with Crippen molar-refractivity contribution in [1.29, 1.82) is 0 Å². The Morgan fingerprint density at radius 3 is 2.42 bits per heavy atom. The minimum atomic E-state index is -0.243. The zero-order valence-electron chi connectivity index (χ0n) is 12.9. The van der Waals surface area contributed by atoms with Crippen LogP contribution in [0.15, 0.2) is 67.3 Å². The van der Waals surface area contributed by atoms with E-state index in [9.17, 15) is 4.79 Å². The molecule has 0 aliphatic heterocycles. The Kier molecular flexibility index (Phi) is 5.13. The lowest BCUT2D eigenvalue weighted by Gasteiger charge is -2.09. The van der Waals surface area contributed by atoms with Gasteiger partial charge in [-0.2, -0.15) is 0 Å². The van der Waals surface area contributed by atoms with Gasteiger partial charge in [-0.3, -0.25) is 0 Å². The SMILES string of the molecule is O=C(NCc1ccc(Cl)cc1)Nc1ccc(Cn2ccnc2)cc1. The quantitative estimate of drug-likeness (QED) is 0.740. The van der Waals surface area contributed by atoms with Crippen LogP contribution in [-0.4, -0.2) is 15.6 Å². The highest BCUT2D eigenvalue weighted by molar-refractivity contribution is 6.30. The highest BCUT2D eigenvalue weighted by atomic mass is 35.5. The van der Waals surface area contributed by atoms with Crippen molar-refractivity contribution in [3.8, 4) is 0 Å². The Morgan fingerprint density at radius 2 is 1.75 bits per heavy atom. The predicted octanol–water partition coefficient (Wildman–Crippen LogP) is 3.91. The average Bonchev–Trinajstić information content (AvgIpc) is 3.09. The first kappa shape index (κ1) is 16.1. The molecular formula is C18H17ClN4O. The molecule has 2 aromatic carbocycles. The molecule has 0 bridgehead atoms. The van der Waals surface area contributed by atoms with Gasteiger partial charge in [0.1, 0.15) is 0 Å². The third-order valence-electron chi connectivity index (χ3n) is 3.50. The van der Waals surface area contributed by atoms with Crippen molar-refractivity contribution in [1.82, 2.24) is 14.9 Å². The lowest BCUT2D eigenvalue weighted by Crippen LogP contribution is -2.28. The molecule has 0 atom stereocenters. The molecule has 0 saturated heterocycles. The van der Waals surface area contributed by atoms with E-state index in [1.165, 1.54) is 0 Å². The number of carbonyl (C=O) groups excluding carboxylic acids is 1. The molecular weight excluding hydrogens is 324 g/mol. The summed E-state index contributed by atoms with van der Waals surface area (Å²) in [4.78, 5) is 15.9. The molecule has 5 nitrogen and oxygen atoms in total. The summed E-state index contributed by atoms with van der Waals surface area (Å²) in [6.07, 6.45) is 5.44. The maximum atomic E-state index is 11.9. The van der Waals surface area contributed by atoms with Gasteiger partial charge in [-0.05, 0) is 35.4 Å². The highest BCUT2D eigenvalue weighted by Crippen LogP contribution is 2.11. The Hall–Kier alpha value is -2.79. The third-order valence-corrected chi connectivity index (χ3v) is 3.75. The third kappa shape index (κ3) is 4.60. The van der Waals surface area contributed by atoms with E-state index in [2.05, 4.69) is 15.6 Å². The topological polar surface area (TPSA) is 59.0 Å². The van der Waals surface area contributed by atoms with Crippen molar-refractivity contribution in [2.75, 3.05) is 5.32 Å². The van der Waals surface area contributed by atoms with Crippen LogP contribution in [0.4, 0.5) is 10.5 Å². The molecule has 0 aliphatic rings. The van der Waals surface area contributed by atoms with Crippen molar-refractivity contribution in [2.45, 2.75) is 13.1 Å². The molecule has 2 amide bonds. The summed E-state index contributed by atoms with van der Waals surface area (Å²) in [5, 5.41) is 6.31. The molecule has 1 aromatic heterocycles. The fourth-order valence-electron chi connectivity index (χ4n) is 2.24. The van der Waals surface area contributed by atoms with Gasteiger partial charge in [0.2, 0.25) is 0 Å². The minimum Gasteiger partial charge on any atom is -0.334 e.